The van der Waals surface area contributed by atoms with Gasteiger partial charge in [0, 0.05) is 19.3 Å². The first-order chi connectivity index (χ1) is 12.1. The molecule has 1 aliphatic carbocycles. The Morgan fingerprint density at radius 2 is 1.88 bits per heavy atom. The van der Waals surface area contributed by atoms with Crippen molar-refractivity contribution in [3.8, 4) is 5.75 Å². The quantitative estimate of drug-likeness (QED) is 0.811. The number of rotatable bonds is 7. The molecule has 5 nitrogen and oxygen atoms in total. The Morgan fingerprint density at radius 1 is 1.20 bits per heavy atom. The van der Waals surface area contributed by atoms with Crippen LogP contribution in [0.15, 0.2) is 54.6 Å². The number of hydrogen-bond donors (Lipinski definition) is 2. The summed E-state index contributed by atoms with van der Waals surface area (Å²) in [6, 6.07) is 17.0. The summed E-state index contributed by atoms with van der Waals surface area (Å²) >= 11 is 0. The molecule has 0 saturated heterocycles. The molecule has 2 aromatic rings. The molecular formula is C20H24N2O3. The molecule has 3 rings (SSSR count). The molecule has 0 bridgehead atoms. The number of urea groups is 1. The second kappa shape index (κ2) is 8.03. The summed E-state index contributed by atoms with van der Waals surface area (Å²) in [5.41, 5.74) is 1.81. The number of amides is 2. The van der Waals surface area contributed by atoms with E-state index in [-0.39, 0.29) is 6.03 Å². The summed E-state index contributed by atoms with van der Waals surface area (Å²) in [6.07, 6.45) is 1.69. The lowest BCUT2D eigenvalue weighted by atomic mass is 10.2. The van der Waals surface area contributed by atoms with Crippen molar-refractivity contribution >= 4 is 11.7 Å². The second-order valence-corrected chi connectivity index (χ2v) is 6.51. The van der Waals surface area contributed by atoms with Crippen LogP contribution in [-0.4, -0.2) is 35.7 Å². The SMILES string of the molecule is CN(CC(O)C1CC1)C(=O)Nc1ccc(OCc2ccccc2)cc1. The number of aliphatic hydroxyl groups excluding tert-OH is 1. The summed E-state index contributed by atoms with van der Waals surface area (Å²) < 4.78 is 5.73. The van der Waals surface area contributed by atoms with Crippen molar-refractivity contribution in [3.05, 3.63) is 60.2 Å². The van der Waals surface area contributed by atoms with E-state index in [1.54, 1.807) is 7.05 Å². The largest absolute Gasteiger partial charge is 0.489 e. The monoisotopic (exact) mass is 340 g/mol. The van der Waals surface area contributed by atoms with Gasteiger partial charge in [0.05, 0.1) is 6.10 Å². The lowest BCUT2D eigenvalue weighted by molar-refractivity contribution is 0.117. The normalized spacial score (nSPS) is 14.6. The number of hydrogen-bond acceptors (Lipinski definition) is 3. The number of carbonyl (C=O) groups is 1. The van der Waals surface area contributed by atoms with Gasteiger partial charge in [0.25, 0.3) is 0 Å². The maximum Gasteiger partial charge on any atom is 0.321 e. The number of aliphatic hydroxyl groups is 1. The van der Waals surface area contributed by atoms with E-state index in [4.69, 9.17) is 4.74 Å². The molecular weight excluding hydrogens is 316 g/mol. The van der Waals surface area contributed by atoms with E-state index in [0.717, 1.165) is 24.2 Å². The molecule has 2 amide bonds. The maximum atomic E-state index is 12.2. The van der Waals surface area contributed by atoms with Gasteiger partial charge < -0.3 is 20.1 Å². The molecule has 0 radical (unpaired) electrons. The number of anilines is 1. The van der Waals surface area contributed by atoms with Gasteiger partial charge in [0.2, 0.25) is 0 Å². The van der Waals surface area contributed by atoms with E-state index in [2.05, 4.69) is 5.32 Å². The van der Waals surface area contributed by atoms with Gasteiger partial charge in [-0.1, -0.05) is 30.3 Å². The Balaban J connectivity index is 1.47. The van der Waals surface area contributed by atoms with E-state index in [1.807, 2.05) is 54.6 Å². The predicted octanol–water partition coefficient (Wildman–Crippen LogP) is 3.50. The van der Waals surface area contributed by atoms with Crippen LogP contribution in [0, 0.1) is 5.92 Å². The molecule has 1 fully saturated rings. The Kier molecular flexibility index (Phi) is 5.56. The fourth-order valence-electron chi connectivity index (χ4n) is 2.59. The zero-order valence-corrected chi connectivity index (χ0v) is 14.4. The molecule has 0 aromatic heterocycles. The van der Waals surface area contributed by atoms with Gasteiger partial charge >= 0.3 is 6.03 Å². The highest BCUT2D eigenvalue weighted by Crippen LogP contribution is 2.32. The second-order valence-electron chi connectivity index (χ2n) is 6.51. The van der Waals surface area contributed by atoms with Crippen molar-refractivity contribution in [2.45, 2.75) is 25.6 Å². The highest BCUT2D eigenvalue weighted by Gasteiger charge is 2.31. The van der Waals surface area contributed by atoms with Crippen molar-refractivity contribution in [1.29, 1.82) is 0 Å². The first-order valence-corrected chi connectivity index (χ1v) is 8.59. The van der Waals surface area contributed by atoms with Crippen LogP contribution in [0.25, 0.3) is 0 Å². The number of benzene rings is 2. The van der Waals surface area contributed by atoms with Crippen LogP contribution in [-0.2, 0) is 6.61 Å². The predicted molar refractivity (Wildman–Crippen MR) is 97.6 cm³/mol. The van der Waals surface area contributed by atoms with Crippen molar-refractivity contribution in [3.63, 3.8) is 0 Å². The van der Waals surface area contributed by atoms with Crippen molar-refractivity contribution in [2.75, 3.05) is 18.9 Å². The summed E-state index contributed by atoms with van der Waals surface area (Å²) in [4.78, 5) is 13.7. The summed E-state index contributed by atoms with van der Waals surface area (Å²) in [5.74, 6) is 1.11. The molecule has 25 heavy (non-hydrogen) atoms. The van der Waals surface area contributed by atoms with Gasteiger partial charge in [-0.3, -0.25) is 0 Å². The topological polar surface area (TPSA) is 61.8 Å². The standard InChI is InChI=1S/C20H24N2O3/c1-22(13-19(23)16-7-8-16)20(24)21-17-9-11-18(12-10-17)25-14-15-5-3-2-4-6-15/h2-6,9-12,16,19,23H,7-8,13-14H2,1H3,(H,21,24). The van der Waals surface area contributed by atoms with Gasteiger partial charge in [-0.05, 0) is 48.6 Å². The minimum atomic E-state index is -0.426. The van der Waals surface area contributed by atoms with Gasteiger partial charge in [-0.15, -0.1) is 0 Å². The van der Waals surface area contributed by atoms with Crippen LogP contribution in [0.2, 0.25) is 0 Å². The fraction of sp³-hybridized carbons (Fsp3) is 0.350. The average molecular weight is 340 g/mol. The maximum absolute atomic E-state index is 12.2. The molecule has 1 unspecified atom stereocenters. The zero-order valence-electron chi connectivity index (χ0n) is 14.4. The third kappa shape index (κ3) is 5.22. The zero-order chi connectivity index (χ0) is 17.6. The van der Waals surface area contributed by atoms with E-state index >= 15 is 0 Å². The Hall–Kier alpha value is -2.53. The molecule has 1 saturated carbocycles. The van der Waals surface area contributed by atoms with Gasteiger partial charge in [0.15, 0.2) is 0 Å². The van der Waals surface area contributed by atoms with Crippen LogP contribution in [0.3, 0.4) is 0 Å². The van der Waals surface area contributed by atoms with Crippen LogP contribution in [0.1, 0.15) is 18.4 Å². The average Bonchev–Trinajstić information content (AvgIpc) is 3.47. The highest BCUT2D eigenvalue weighted by molar-refractivity contribution is 5.89. The highest BCUT2D eigenvalue weighted by atomic mass is 16.5. The Bertz CT molecular complexity index is 684. The van der Waals surface area contributed by atoms with E-state index in [1.165, 1.54) is 4.90 Å². The summed E-state index contributed by atoms with van der Waals surface area (Å²) in [7, 11) is 1.69. The molecule has 1 atom stereocenters. The first-order valence-electron chi connectivity index (χ1n) is 8.59. The van der Waals surface area contributed by atoms with Crippen molar-refractivity contribution in [1.82, 2.24) is 4.90 Å². The third-order valence-corrected chi connectivity index (χ3v) is 4.33. The van der Waals surface area contributed by atoms with Gasteiger partial charge in [-0.2, -0.15) is 0 Å². The van der Waals surface area contributed by atoms with Crippen LogP contribution in [0.4, 0.5) is 10.5 Å². The van der Waals surface area contributed by atoms with Crippen LogP contribution in [0.5, 0.6) is 5.75 Å². The Labute approximate surface area is 148 Å². The molecule has 2 aromatic carbocycles. The summed E-state index contributed by atoms with van der Waals surface area (Å²) in [6.45, 7) is 0.864. The molecule has 0 aliphatic heterocycles. The molecule has 5 heteroatoms. The number of nitrogens with one attached hydrogen (secondary N) is 1. The van der Waals surface area contributed by atoms with Gasteiger partial charge in [0.1, 0.15) is 12.4 Å². The summed E-state index contributed by atoms with van der Waals surface area (Å²) in [5, 5.41) is 12.8. The number of ether oxygens (including phenoxy) is 1. The minimum absolute atomic E-state index is 0.224. The number of nitrogens with zero attached hydrogens (tertiary/aromatic N) is 1. The molecule has 2 N–H and O–H groups in total. The fourth-order valence-corrected chi connectivity index (χ4v) is 2.59. The first kappa shape index (κ1) is 17.3. The lowest BCUT2D eigenvalue weighted by Gasteiger charge is -2.21. The van der Waals surface area contributed by atoms with Crippen LogP contribution >= 0.6 is 0 Å². The van der Waals surface area contributed by atoms with Crippen molar-refractivity contribution in [2.24, 2.45) is 5.92 Å². The molecule has 1 aliphatic rings. The van der Waals surface area contributed by atoms with Crippen molar-refractivity contribution < 1.29 is 14.6 Å². The lowest BCUT2D eigenvalue weighted by Crippen LogP contribution is -2.37. The van der Waals surface area contributed by atoms with Gasteiger partial charge in [-0.25, -0.2) is 4.79 Å². The molecule has 0 spiro atoms. The number of likely N-dealkylation sites (N-methyl/N-ethyl adjacent to an activating group) is 1. The van der Waals surface area contributed by atoms with E-state index in [0.29, 0.717) is 24.8 Å². The van der Waals surface area contributed by atoms with E-state index in [9.17, 15) is 9.90 Å². The van der Waals surface area contributed by atoms with Crippen LogP contribution < -0.4 is 10.1 Å². The molecule has 0 heterocycles. The third-order valence-electron chi connectivity index (χ3n) is 4.33. The van der Waals surface area contributed by atoms with E-state index < -0.39 is 6.10 Å². The smallest absolute Gasteiger partial charge is 0.321 e. The Morgan fingerprint density at radius 3 is 2.52 bits per heavy atom. The molecule has 132 valence electrons. The number of carbonyl (C=O) groups excluding carboxylic acids is 1. The minimum Gasteiger partial charge on any atom is -0.489 e.